The van der Waals surface area contributed by atoms with Gasteiger partial charge in [0.05, 0.1) is 30.5 Å². The third-order valence-corrected chi connectivity index (χ3v) is 6.99. The smallest absolute Gasteiger partial charge is 0.424 e. The fourth-order valence-electron chi connectivity index (χ4n) is 4.45. The van der Waals surface area contributed by atoms with Crippen LogP contribution in [0.25, 0.3) is 11.3 Å². The van der Waals surface area contributed by atoms with Crippen LogP contribution in [0.5, 0.6) is 17.2 Å². The first-order valence-electron chi connectivity index (χ1n) is 13.2. The summed E-state index contributed by atoms with van der Waals surface area (Å²) in [4.78, 5) is 17.1. The van der Waals surface area contributed by atoms with E-state index in [1.807, 2.05) is 0 Å². The van der Waals surface area contributed by atoms with E-state index >= 15 is 0 Å². The Balaban J connectivity index is 1.48. The van der Waals surface area contributed by atoms with Gasteiger partial charge in [0.15, 0.2) is 17.2 Å². The Hall–Kier alpha value is -3.94. The highest BCUT2D eigenvalue weighted by Crippen LogP contribution is 2.46. The van der Waals surface area contributed by atoms with Gasteiger partial charge < -0.3 is 35.5 Å². The lowest BCUT2D eigenvalue weighted by atomic mass is 9.89. The molecule has 1 aliphatic carbocycles. The van der Waals surface area contributed by atoms with Crippen LogP contribution in [-0.2, 0) is 11.1 Å². The number of halogens is 4. The number of ether oxygens (including phenoxy) is 3. The molecule has 0 unspecified atom stereocenters. The van der Waals surface area contributed by atoms with Gasteiger partial charge in [0.2, 0.25) is 5.60 Å². The van der Waals surface area contributed by atoms with E-state index in [-0.39, 0.29) is 65.6 Å². The van der Waals surface area contributed by atoms with Gasteiger partial charge in [-0.15, -0.1) is 0 Å². The van der Waals surface area contributed by atoms with Crippen LogP contribution in [0.2, 0.25) is 0 Å². The predicted molar refractivity (Wildman–Crippen MR) is 142 cm³/mol. The number of carbonyl (C=O) groups excluding carboxylic acids is 1. The van der Waals surface area contributed by atoms with Gasteiger partial charge in [-0.1, -0.05) is 0 Å². The van der Waals surface area contributed by atoms with Crippen LogP contribution in [0.15, 0.2) is 48.5 Å². The average Bonchev–Trinajstić information content (AvgIpc) is 3.71. The number of nitrogens with one attached hydrogen (secondary N) is 1. The zero-order valence-electron chi connectivity index (χ0n) is 22.5. The summed E-state index contributed by atoms with van der Waals surface area (Å²) in [6.45, 7) is -0.0670. The van der Waals surface area contributed by atoms with Gasteiger partial charge in [0, 0.05) is 16.7 Å². The maximum Gasteiger partial charge on any atom is 0.424 e. The van der Waals surface area contributed by atoms with Crippen LogP contribution in [0.1, 0.15) is 41.4 Å². The molecular formula is C29H29F4N3O6. The quantitative estimate of drug-likeness (QED) is 0.263. The monoisotopic (exact) mass is 591 g/mol. The number of nitrogens with zero attached hydrogens (tertiary/aromatic N) is 1. The Morgan fingerprint density at radius 2 is 1.88 bits per heavy atom. The minimum absolute atomic E-state index is 0.0221. The Morgan fingerprint density at radius 1 is 1.17 bits per heavy atom. The van der Waals surface area contributed by atoms with Crippen LogP contribution < -0.4 is 25.3 Å². The second-order valence-electron chi connectivity index (χ2n) is 10.5. The third-order valence-electron chi connectivity index (χ3n) is 6.99. The predicted octanol–water partition coefficient (Wildman–Crippen LogP) is 3.55. The zero-order chi connectivity index (χ0) is 30.3. The lowest BCUT2D eigenvalue weighted by molar-refractivity contribution is -0.265. The van der Waals surface area contributed by atoms with Crippen LogP contribution in [0.3, 0.4) is 0 Å². The van der Waals surface area contributed by atoms with Crippen molar-refractivity contribution in [2.45, 2.75) is 43.2 Å². The number of rotatable bonds is 10. The van der Waals surface area contributed by atoms with E-state index in [0.717, 1.165) is 31.0 Å². The van der Waals surface area contributed by atoms with Crippen molar-refractivity contribution in [3.05, 3.63) is 71.2 Å². The van der Waals surface area contributed by atoms with E-state index in [2.05, 4.69) is 10.3 Å². The van der Waals surface area contributed by atoms with Crippen molar-refractivity contribution in [1.82, 2.24) is 10.3 Å². The summed E-state index contributed by atoms with van der Waals surface area (Å²) in [5, 5.41) is 22.4. The number of aliphatic hydroxyl groups is 2. The van der Waals surface area contributed by atoms with E-state index in [0.29, 0.717) is 0 Å². The molecule has 0 spiro atoms. The second-order valence-corrected chi connectivity index (χ2v) is 10.5. The number of aromatic nitrogens is 1. The molecule has 1 amide bonds. The molecule has 0 saturated heterocycles. The fraction of sp³-hybridized carbons (Fsp3) is 0.379. The van der Waals surface area contributed by atoms with Gasteiger partial charge in [-0.3, -0.25) is 4.79 Å². The Labute approximate surface area is 238 Å². The van der Waals surface area contributed by atoms with Gasteiger partial charge in [-0.2, -0.15) is 13.2 Å². The van der Waals surface area contributed by atoms with Gasteiger partial charge >= 0.3 is 6.18 Å². The molecule has 9 nitrogen and oxygen atoms in total. The molecule has 2 aliphatic rings. The molecule has 1 fully saturated rings. The molecule has 1 saturated carbocycles. The number of benzene rings is 2. The summed E-state index contributed by atoms with van der Waals surface area (Å²) in [5.41, 5.74) is 0.935. The first-order chi connectivity index (χ1) is 19.8. The number of aliphatic hydroxyl groups excluding tert-OH is 1. The highest BCUT2D eigenvalue weighted by molar-refractivity contribution is 5.95. The number of hydrogen-bond acceptors (Lipinski definition) is 8. The van der Waals surface area contributed by atoms with Gasteiger partial charge in [-0.25, -0.2) is 9.37 Å². The molecule has 0 radical (unpaired) electrons. The minimum Gasteiger partial charge on any atom is -0.489 e. The van der Waals surface area contributed by atoms with Crippen LogP contribution in [0, 0.1) is 5.82 Å². The van der Waals surface area contributed by atoms with Crippen molar-refractivity contribution >= 4 is 5.91 Å². The van der Waals surface area contributed by atoms with Gasteiger partial charge in [0.1, 0.15) is 24.7 Å². The van der Waals surface area contributed by atoms with E-state index < -0.39 is 41.3 Å². The summed E-state index contributed by atoms with van der Waals surface area (Å²) >= 11 is 0. The maximum atomic E-state index is 14.5. The lowest BCUT2D eigenvalue weighted by Gasteiger charge is -2.31. The highest BCUT2D eigenvalue weighted by atomic mass is 19.4. The molecule has 3 aromatic rings. The SMILES string of the molecule is C[C@@]1(N)COc2c1cc([C@](O)(CNC(=O)c1ccc(OCCO)c(OC3CC3)c1)C(F)(F)F)nc2-c1ccc(F)cc1. The molecule has 2 atom stereocenters. The lowest BCUT2D eigenvalue weighted by Crippen LogP contribution is -2.51. The summed E-state index contributed by atoms with van der Waals surface area (Å²) < 4.78 is 74.1. The van der Waals surface area contributed by atoms with Crippen molar-refractivity contribution in [1.29, 1.82) is 0 Å². The standard InChI is InChI=1S/C29H29F4N3O6/c1-27(34)15-41-25-20(27)13-23(36-24(25)16-2-5-18(30)6-3-16)28(39,29(31,32)33)14-35-26(38)17-4-9-21(40-11-10-37)22(12-17)42-19-7-8-19/h2-6,9,12-13,19,37,39H,7-8,10-11,14-15,34H2,1H3,(H,35,38)/t27-,28-/m1/s1. The topological polar surface area (TPSA) is 136 Å². The van der Waals surface area contributed by atoms with Crippen molar-refractivity contribution in [2.24, 2.45) is 5.73 Å². The van der Waals surface area contributed by atoms with E-state index in [4.69, 9.17) is 25.1 Å². The second kappa shape index (κ2) is 11.0. The molecule has 0 bridgehead atoms. The van der Waals surface area contributed by atoms with Crippen LogP contribution in [-0.4, -0.2) is 59.7 Å². The molecule has 1 aliphatic heterocycles. The van der Waals surface area contributed by atoms with Crippen LogP contribution >= 0.6 is 0 Å². The first kappa shape index (κ1) is 29.5. The van der Waals surface area contributed by atoms with Crippen LogP contribution in [0.4, 0.5) is 17.6 Å². The Morgan fingerprint density at radius 3 is 2.52 bits per heavy atom. The zero-order valence-corrected chi connectivity index (χ0v) is 22.5. The number of pyridine rings is 1. The van der Waals surface area contributed by atoms with E-state index in [1.54, 1.807) is 6.92 Å². The molecule has 5 rings (SSSR count). The molecule has 2 heterocycles. The highest BCUT2D eigenvalue weighted by Gasteiger charge is 2.57. The molecule has 5 N–H and O–H groups in total. The average molecular weight is 592 g/mol. The van der Waals surface area contributed by atoms with Crippen molar-refractivity contribution in [3.8, 4) is 28.5 Å². The van der Waals surface area contributed by atoms with Crippen molar-refractivity contribution in [3.63, 3.8) is 0 Å². The van der Waals surface area contributed by atoms with Crippen molar-refractivity contribution in [2.75, 3.05) is 26.4 Å². The number of alkyl halides is 3. The third kappa shape index (κ3) is 5.85. The summed E-state index contributed by atoms with van der Waals surface area (Å²) in [5.74, 6) is -0.892. The number of nitrogens with two attached hydrogens (primary N) is 1. The Kier molecular flexibility index (Phi) is 7.77. The molecule has 2 aromatic carbocycles. The van der Waals surface area contributed by atoms with Crippen molar-refractivity contribution < 1.29 is 46.8 Å². The van der Waals surface area contributed by atoms with Gasteiger partial charge in [-0.05, 0) is 68.3 Å². The summed E-state index contributed by atoms with van der Waals surface area (Å²) in [6.07, 6.45) is -3.76. The van der Waals surface area contributed by atoms with E-state index in [9.17, 15) is 27.5 Å². The number of amides is 1. The molecule has 1 aromatic heterocycles. The fourth-order valence-corrected chi connectivity index (χ4v) is 4.45. The molecule has 42 heavy (non-hydrogen) atoms. The molecular weight excluding hydrogens is 562 g/mol. The van der Waals surface area contributed by atoms with E-state index in [1.165, 1.54) is 30.3 Å². The number of hydrogen-bond donors (Lipinski definition) is 4. The number of carbonyl (C=O) groups is 1. The summed E-state index contributed by atoms with van der Waals surface area (Å²) in [6, 6.07) is 9.95. The minimum atomic E-state index is -5.28. The first-order valence-corrected chi connectivity index (χ1v) is 13.2. The Bertz CT molecular complexity index is 1480. The largest absolute Gasteiger partial charge is 0.489 e. The maximum absolute atomic E-state index is 14.5. The number of fused-ring (bicyclic) bond motifs is 1. The normalized spacial score (nSPS) is 19.4. The molecule has 13 heteroatoms. The van der Waals surface area contributed by atoms with Gasteiger partial charge in [0.25, 0.3) is 5.91 Å². The summed E-state index contributed by atoms with van der Waals surface area (Å²) in [7, 11) is 0. The molecule has 224 valence electrons.